The molecule has 3 aromatic rings. The van der Waals surface area contributed by atoms with E-state index >= 15 is 0 Å². The van der Waals surface area contributed by atoms with Gasteiger partial charge in [0.1, 0.15) is 0 Å². The molecule has 0 bridgehead atoms. The number of allylic oxidation sites excluding steroid dienone is 3. The molecule has 1 aliphatic carbocycles. The highest BCUT2D eigenvalue weighted by atomic mass is 16.7. The topological polar surface area (TPSA) is 52.6 Å². The van der Waals surface area contributed by atoms with Crippen molar-refractivity contribution in [3.05, 3.63) is 108 Å². The molecule has 2 atom stereocenters. The summed E-state index contributed by atoms with van der Waals surface area (Å²) in [5.74, 6) is 0.0618. The maximum absolute atomic E-state index is 13.2. The van der Waals surface area contributed by atoms with E-state index in [4.69, 9.17) is 9.47 Å². The molecule has 0 radical (unpaired) electrons. The summed E-state index contributed by atoms with van der Waals surface area (Å²) in [6.07, 6.45) is 5.52. The molecule has 0 amide bonds. The molecule has 0 spiro atoms. The number of carbonyl (C=O) groups is 2. The van der Waals surface area contributed by atoms with E-state index in [0.717, 1.165) is 22.3 Å². The fourth-order valence-corrected chi connectivity index (χ4v) is 4.37. The molecule has 1 heterocycles. The lowest BCUT2D eigenvalue weighted by molar-refractivity contribution is -0.128. The van der Waals surface area contributed by atoms with Crippen molar-refractivity contribution in [1.29, 1.82) is 0 Å². The summed E-state index contributed by atoms with van der Waals surface area (Å²) in [5, 5.41) is 0. The van der Waals surface area contributed by atoms with Crippen LogP contribution in [0, 0.1) is 5.92 Å². The zero-order valence-electron chi connectivity index (χ0n) is 17.4. The summed E-state index contributed by atoms with van der Waals surface area (Å²) < 4.78 is 10.7. The number of fused-ring (bicyclic) bond motifs is 1. The minimum atomic E-state index is -0.741. The molecule has 0 saturated heterocycles. The number of benzene rings is 3. The van der Waals surface area contributed by atoms with E-state index in [1.807, 2.05) is 78.9 Å². The lowest BCUT2D eigenvalue weighted by Crippen LogP contribution is -2.31. The van der Waals surface area contributed by atoms with Crippen LogP contribution in [0.25, 0.3) is 11.6 Å². The molecular weight excluding hydrogens is 400 g/mol. The summed E-state index contributed by atoms with van der Waals surface area (Å²) in [6, 6.07) is 25.2. The Kier molecular flexibility index (Phi) is 5.42. The molecule has 0 saturated carbocycles. The van der Waals surface area contributed by atoms with Gasteiger partial charge in [0.2, 0.25) is 6.79 Å². The predicted molar refractivity (Wildman–Crippen MR) is 123 cm³/mol. The van der Waals surface area contributed by atoms with Crippen molar-refractivity contribution < 1.29 is 19.1 Å². The van der Waals surface area contributed by atoms with Gasteiger partial charge in [-0.15, -0.1) is 0 Å². The first kappa shape index (κ1) is 20.0. The minimum absolute atomic E-state index is 0.149. The van der Waals surface area contributed by atoms with E-state index in [0.29, 0.717) is 17.9 Å². The summed E-state index contributed by atoms with van der Waals surface area (Å²) in [6.45, 7) is 0.201. The van der Waals surface area contributed by atoms with Crippen molar-refractivity contribution >= 4 is 23.2 Å². The first-order chi connectivity index (χ1) is 15.7. The molecule has 4 nitrogen and oxygen atoms in total. The SMILES string of the molecule is O=C1C=C(c2ccccc2)CC(c2ccccc2)C1C(=O)/C=C/c1ccc2c(c1)OCO2. The van der Waals surface area contributed by atoms with Gasteiger partial charge in [0, 0.05) is 5.92 Å². The third kappa shape index (κ3) is 4.00. The van der Waals surface area contributed by atoms with Gasteiger partial charge < -0.3 is 9.47 Å². The number of ketones is 2. The van der Waals surface area contributed by atoms with Crippen LogP contribution in [0.1, 0.15) is 29.0 Å². The standard InChI is InChI=1S/C28H22O4/c29-24(13-11-19-12-14-26-27(15-19)32-18-31-26)28-23(21-9-5-2-6-10-21)16-22(17-25(28)30)20-7-3-1-4-8-20/h1-15,17,23,28H,16,18H2/b13-11+. The first-order valence-corrected chi connectivity index (χ1v) is 10.7. The van der Waals surface area contributed by atoms with E-state index in [2.05, 4.69) is 0 Å². The highest BCUT2D eigenvalue weighted by Gasteiger charge is 2.37. The molecule has 1 aliphatic heterocycles. The van der Waals surface area contributed by atoms with Crippen LogP contribution in [0.5, 0.6) is 11.5 Å². The molecule has 4 heteroatoms. The van der Waals surface area contributed by atoms with Crippen molar-refractivity contribution in [2.75, 3.05) is 6.79 Å². The van der Waals surface area contributed by atoms with Crippen LogP contribution in [-0.2, 0) is 9.59 Å². The molecule has 2 unspecified atom stereocenters. The Morgan fingerprint density at radius 2 is 1.59 bits per heavy atom. The van der Waals surface area contributed by atoms with Gasteiger partial charge in [-0.1, -0.05) is 72.8 Å². The zero-order valence-corrected chi connectivity index (χ0v) is 17.4. The average Bonchev–Trinajstić information content (AvgIpc) is 3.31. The second kappa shape index (κ2) is 8.67. The second-order valence-electron chi connectivity index (χ2n) is 7.99. The van der Waals surface area contributed by atoms with E-state index in [9.17, 15) is 9.59 Å². The van der Waals surface area contributed by atoms with Crippen LogP contribution in [0.2, 0.25) is 0 Å². The molecule has 5 rings (SSSR count). The Morgan fingerprint density at radius 1 is 0.875 bits per heavy atom. The zero-order chi connectivity index (χ0) is 21.9. The molecule has 2 aliphatic rings. The van der Waals surface area contributed by atoms with Gasteiger partial charge >= 0.3 is 0 Å². The summed E-state index contributed by atoms with van der Waals surface area (Å²) in [7, 11) is 0. The van der Waals surface area contributed by atoms with Gasteiger partial charge in [-0.3, -0.25) is 9.59 Å². The lowest BCUT2D eigenvalue weighted by Gasteiger charge is -2.29. The molecule has 0 aromatic heterocycles. The summed E-state index contributed by atoms with van der Waals surface area (Å²) in [5.41, 5.74) is 3.80. The van der Waals surface area contributed by atoms with Crippen LogP contribution in [-0.4, -0.2) is 18.4 Å². The Labute approximate surface area is 186 Å². The molecule has 0 fully saturated rings. The minimum Gasteiger partial charge on any atom is -0.454 e. The molecule has 158 valence electrons. The number of hydrogen-bond donors (Lipinski definition) is 0. The van der Waals surface area contributed by atoms with Gasteiger partial charge in [-0.25, -0.2) is 0 Å². The number of rotatable bonds is 5. The maximum Gasteiger partial charge on any atom is 0.231 e. The number of ether oxygens (including phenoxy) is 2. The molecule has 0 N–H and O–H groups in total. The normalized spacial score (nSPS) is 19.8. The van der Waals surface area contributed by atoms with Gasteiger partial charge in [0.25, 0.3) is 0 Å². The van der Waals surface area contributed by atoms with E-state index in [1.54, 1.807) is 12.2 Å². The Hall–Kier alpha value is -3.92. The highest BCUT2D eigenvalue weighted by Crippen LogP contribution is 2.40. The second-order valence-corrected chi connectivity index (χ2v) is 7.99. The van der Waals surface area contributed by atoms with Crippen LogP contribution in [0.3, 0.4) is 0 Å². The van der Waals surface area contributed by atoms with Gasteiger partial charge in [-0.05, 0) is 53.0 Å². The smallest absolute Gasteiger partial charge is 0.231 e. The van der Waals surface area contributed by atoms with Crippen molar-refractivity contribution in [2.45, 2.75) is 12.3 Å². The van der Waals surface area contributed by atoms with E-state index in [-0.39, 0.29) is 24.3 Å². The van der Waals surface area contributed by atoms with E-state index in [1.165, 1.54) is 6.08 Å². The van der Waals surface area contributed by atoms with Crippen molar-refractivity contribution in [1.82, 2.24) is 0 Å². The Balaban J connectivity index is 1.45. The van der Waals surface area contributed by atoms with Crippen molar-refractivity contribution in [2.24, 2.45) is 5.92 Å². The average molecular weight is 422 g/mol. The largest absolute Gasteiger partial charge is 0.454 e. The monoisotopic (exact) mass is 422 g/mol. The van der Waals surface area contributed by atoms with Crippen LogP contribution in [0.4, 0.5) is 0 Å². The van der Waals surface area contributed by atoms with E-state index < -0.39 is 5.92 Å². The molecule has 32 heavy (non-hydrogen) atoms. The maximum atomic E-state index is 13.2. The van der Waals surface area contributed by atoms with Crippen LogP contribution < -0.4 is 9.47 Å². The van der Waals surface area contributed by atoms with Crippen molar-refractivity contribution in [3.63, 3.8) is 0 Å². The predicted octanol–water partition coefficient (Wildman–Crippen LogP) is 5.45. The molecule has 3 aromatic carbocycles. The van der Waals surface area contributed by atoms with Gasteiger partial charge in [-0.2, -0.15) is 0 Å². The number of carbonyl (C=O) groups excluding carboxylic acids is 2. The Bertz CT molecular complexity index is 1210. The first-order valence-electron chi connectivity index (χ1n) is 10.7. The third-order valence-corrected chi connectivity index (χ3v) is 5.98. The fourth-order valence-electron chi connectivity index (χ4n) is 4.37. The van der Waals surface area contributed by atoms with Gasteiger partial charge in [0.05, 0.1) is 5.92 Å². The highest BCUT2D eigenvalue weighted by molar-refractivity contribution is 6.16. The molecular formula is C28H22O4. The van der Waals surface area contributed by atoms with Crippen LogP contribution in [0.15, 0.2) is 91.0 Å². The third-order valence-electron chi connectivity index (χ3n) is 5.98. The lowest BCUT2D eigenvalue weighted by atomic mass is 9.72. The van der Waals surface area contributed by atoms with Crippen LogP contribution >= 0.6 is 0 Å². The quantitative estimate of drug-likeness (QED) is 0.405. The fraction of sp³-hybridized carbons (Fsp3) is 0.143. The summed E-state index contributed by atoms with van der Waals surface area (Å²) >= 11 is 0. The van der Waals surface area contributed by atoms with Gasteiger partial charge in [0.15, 0.2) is 23.1 Å². The van der Waals surface area contributed by atoms with Crippen molar-refractivity contribution in [3.8, 4) is 11.5 Å². The number of hydrogen-bond acceptors (Lipinski definition) is 4. The summed E-state index contributed by atoms with van der Waals surface area (Å²) in [4.78, 5) is 26.4. The Morgan fingerprint density at radius 3 is 2.38 bits per heavy atom.